The van der Waals surface area contributed by atoms with Crippen molar-refractivity contribution in [2.24, 2.45) is 0 Å². The van der Waals surface area contributed by atoms with Gasteiger partial charge in [0.1, 0.15) is 5.75 Å². The highest BCUT2D eigenvalue weighted by atomic mass is 19.3. The number of benzene rings is 2. The van der Waals surface area contributed by atoms with E-state index in [9.17, 15) is 13.6 Å². The molecule has 2 aromatic rings. The van der Waals surface area contributed by atoms with Crippen LogP contribution in [0.2, 0.25) is 0 Å². The summed E-state index contributed by atoms with van der Waals surface area (Å²) >= 11 is 0. The second-order valence-electron chi connectivity index (χ2n) is 5.25. The van der Waals surface area contributed by atoms with Crippen LogP contribution < -0.4 is 4.74 Å². The zero-order valence-corrected chi connectivity index (χ0v) is 12.8. The molecule has 0 amide bonds. The summed E-state index contributed by atoms with van der Waals surface area (Å²) in [4.78, 5) is 12.7. The monoisotopic (exact) mass is 323 g/mol. The van der Waals surface area contributed by atoms with Crippen molar-refractivity contribution >= 4 is 16.7 Å². The number of ether oxygens (including phenoxy) is 1. The van der Waals surface area contributed by atoms with Gasteiger partial charge >= 0.3 is 12.6 Å². The van der Waals surface area contributed by atoms with Crippen LogP contribution in [0.15, 0.2) is 36.4 Å². The predicted octanol–water partition coefficient (Wildman–Crippen LogP) is 3.74. The topological polar surface area (TPSA) is 49.8 Å². The van der Waals surface area contributed by atoms with Gasteiger partial charge < -0.3 is 9.84 Å². The van der Waals surface area contributed by atoms with E-state index in [1.54, 1.807) is 11.0 Å². The number of fused-ring (bicyclic) bond motifs is 1. The molecule has 0 aliphatic carbocycles. The van der Waals surface area contributed by atoms with E-state index < -0.39 is 12.6 Å². The molecule has 6 heteroatoms. The molecule has 0 saturated carbocycles. The molecular weight excluding hydrogens is 304 g/mol. The normalized spacial score (nSPS) is 11.3. The molecule has 0 aliphatic heterocycles. The fourth-order valence-corrected chi connectivity index (χ4v) is 2.63. The number of hydrogen-bond acceptors (Lipinski definition) is 3. The molecule has 0 spiro atoms. The fourth-order valence-electron chi connectivity index (χ4n) is 2.63. The minimum absolute atomic E-state index is 0.0881. The quantitative estimate of drug-likeness (QED) is 0.804. The molecule has 0 atom stereocenters. The van der Waals surface area contributed by atoms with E-state index in [4.69, 9.17) is 5.11 Å². The van der Waals surface area contributed by atoms with E-state index in [0.717, 1.165) is 17.2 Å². The summed E-state index contributed by atoms with van der Waals surface area (Å²) in [5, 5.41) is 10.7. The summed E-state index contributed by atoms with van der Waals surface area (Å²) in [7, 11) is 0. The predicted molar refractivity (Wildman–Crippen MR) is 83.8 cm³/mol. The van der Waals surface area contributed by atoms with Crippen molar-refractivity contribution < 1.29 is 23.4 Å². The molecule has 0 heterocycles. The van der Waals surface area contributed by atoms with Crippen LogP contribution in [0.25, 0.3) is 10.8 Å². The molecule has 0 aromatic heterocycles. The number of alkyl halides is 2. The van der Waals surface area contributed by atoms with Crippen LogP contribution in [0.3, 0.4) is 0 Å². The zero-order valence-electron chi connectivity index (χ0n) is 12.8. The van der Waals surface area contributed by atoms with E-state index in [1.807, 2.05) is 31.2 Å². The van der Waals surface area contributed by atoms with Crippen molar-refractivity contribution in [3.8, 4) is 5.75 Å². The fraction of sp³-hybridized carbons (Fsp3) is 0.353. The van der Waals surface area contributed by atoms with Gasteiger partial charge in [0.25, 0.3) is 0 Å². The third-order valence-electron chi connectivity index (χ3n) is 3.49. The molecule has 2 aromatic carbocycles. The Morgan fingerprint density at radius 3 is 2.65 bits per heavy atom. The minimum atomic E-state index is -2.92. The van der Waals surface area contributed by atoms with Crippen LogP contribution in [0.5, 0.6) is 5.75 Å². The lowest BCUT2D eigenvalue weighted by Gasteiger charge is -2.22. The molecule has 0 saturated heterocycles. The number of halogens is 2. The van der Waals surface area contributed by atoms with E-state index in [1.165, 1.54) is 6.07 Å². The lowest BCUT2D eigenvalue weighted by Crippen LogP contribution is -2.30. The van der Waals surface area contributed by atoms with Crippen molar-refractivity contribution in [2.45, 2.75) is 26.5 Å². The average Bonchev–Trinajstić information content (AvgIpc) is 2.48. The second-order valence-corrected chi connectivity index (χ2v) is 5.25. The first-order valence-electron chi connectivity index (χ1n) is 7.40. The first-order chi connectivity index (χ1) is 11.0. The van der Waals surface area contributed by atoms with Crippen LogP contribution in [0.1, 0.15) is 18.9 Å². The summed E-state index contributed by atoms with van der Waals surface area (Å²) < 4.78 is 30.0. The van der Waals surface area contributed by atoms with Crippen LogP contribution in [-0.4, -0.2) is 35.7 Å². The smallest absolute Gasteiger partial charge is 0.387 e. The Balaban J connectivity index is 2.43. The van der Waals surface area contributed by atoms with Crippen molar-refractivity contribution in [1.29, 1.82) is 0 Å². The van der Waals surface area contributed by atoms with Gasteiger partial charge in [0, 0.05) is 12.1 Å². The Kier molecular flexibility index (Phi) is 5.87. The summed E-state index contributed by atoms with van der Waals surface area (Å²) in [5.41, 5.74) is 0.582. The third kappa shape index (κ3) is 4.63. The second kappa shape index (κ2) is 7.87. The number of rotatable bonds is 8. The molecular formula is C17H19F2NO3. The van der Waals surface area contributed by atoms with Gasteiger partial charge in [0.05, 0.1) is 6.54 Å². The van der Waals surface area contributed by atoms with Crippen molar-refractivity contribution in [1.82, 2.24) is 4.90 Å². The molecule has 0 radical (unpaired) electrons. The largest absolute Gasteiger partial charge is 0.480 e. The van der Waals surface area contributed by atoms with E-state index in [-0.39, 0.29) is 18.8 Å². The summed E-state index contributed by atoms with van der Waals surface area (Å²) in [5.74, 6) is -0.861. The highest BCUT2D eigenvalue weighted by Gasteiger charge is 2.17. The maximum Gasteiger partial charge on any atom is 0.387 e. The highest BCUT2D eigenvalue weighted by molar-refractivity contribution is 5.87. The van der Waals surface area contributed by atoms with Crippen LogP contribution >= 0.6 is 0 Å². The highest BCUT2D eigenvalue weighted by Crippen LogP contribution is 2.30. The Hall–Kier alpha value is -2.21. The number of aliphatic carboxylic acids is 1. The number of hydrogen-bond donors (Lipinski definition) is 1. The van der Waals surface area contributed by atoms with Gasteiger partial charge in [0.2, 0.25) is 0 Å². The Morgan fingerprint density at radius 1 is 1.26 bits per heavy atom. The van der Waals surface area contributed by atoms with Crippen molar-refractivity contribution in [3.63, 3.8) is 0 Å². The lowest BCUT2D eigenvalue weighted by molar-refractivity contribution is -0.138. The Labute approximate surface area is 133 Å². The summed E-state index contributed by atoms with van der Waals surface area (Å²) in [6.07, 6.45) is 0.767. The van der Waals surface area contributed by atoms with Crippen molar-refractivity contribution in [2.75, 3.05) is 13.1 Å². The first kappa shape index (κ1) is 17.1. The van der Waals surface area contributed by atoms with Crippen LogP contribution in [-0.2, 0) is 11.3 Å². The van der Waals surface area contributed by atoms with Crippen LogP contribution in [0, 0.1) is 0 Å². The van der Waals surface area contributed by atoms with Gasteiger partial charge in [-0.05, 0) is 29.8 Å². The van der Waals surface area contributed by atoms with Gasteiger partial charge in [0.15, 0.2) is 0 Å². The van der Waals surface area contributed by atoms with Gasteiger partial charge in [-0.15, -0.1) is 0 Å². The third-order valence-corrected chi connectivity index (χ3v) is 3.49. The first-order valence-corrected chi connectivity index (χ1v) is 7.40. The summed E-state index contributed by atoms with van der Waals surface area (Å²) in [6.45, 7) is -0.332. The molecule has 124 valence electrons. The molecule has 1 N–H and O–H groups in total. The van der Waals surface area contributed by atoms with E-state index in [0.29, 0.717) is 12.1 Å². The van der Waals surface area contributed by atoms with E-state index >= 15 is 0 Å². The van der Waals surface area contributed by atoms with Gasteiger partial charge in [-0.1, -0.05) is 37.3 Å². The number of nitrogens with zero attached hydrogens (tertiary/aromatic N) is 1. The number of carboxylic acid groups (broad SMARTS) is 1. The van der Waals surface area contributed by atoms with Gasteiger partial charge in [-0.3, -0.25) is 9.69 Å². The SMILES string of the molecule is CCCN(CC(=O)O)Cc1c(OC(F)F)ccc2ccccc12. The molecule has 0 fully saturated rings. The van der Waals surface area contributed by atoms with E-state index in [2.05, 4.69) is 4.74 Å². The number of carboxylic acids is 1. The lowest BCUT2D eigenvalue weighted by atomic mass is 10.0. The van der Waals surface area contributed by atoms with Gasteiger partial charge in [-0.2, -0.15) is 8.78 Å². The molecule has 4 nitrogen and oxygen atoms in total. The van der Waals surface area contributed by atoms with Crippen molar-refractivity contribution in [3.05, 3.63) is 42.0 Å². The molecule has 0 bridgehead atoms. The maximum atomic E-state index is 12.7. The average molecular weight is 323 g/mol. The molecule has 0 unspecified atom stereocenters. The summed E-state index contributed by atoms with van der Waals surface area (Å²) in [6, 6.07) is 10.6. The minimum Gasteiger partial charge on any atom is -0.480 e. The van der Waals surface area contributed by atoms with Gasteiger partial charge in [-0.25, -0.2) is 0 Å². The van der Waals surface area contributed by atoms with Crippen LogP contribution in [0.4, 0.5) is 8.78 Å². The molecule has 23 heavy (non-hydrogen) atoms. The molecule has 0 aliphatic rings. The Bertz CT molecular complexity index is 676. The number of carbonyl (C=O) groups is 1. The molecule has 2 rings (SSSR count). The maximum absolute atomic E-state index is 12.7. The standard InChI is InChI=1S/C17H19F2NO3/c1-2-9-20(11-16(21)22)10-14-13-6-4-3-5-12(13)7-8-15(14)23-17(18)19/h3-8,17H,2,9-11H2,1H3,(H,21,22). The Morgan fingerprint density at radius 2 is 2.00 bits per heavy atom. The zero-order chi connectivity index (χ0) is 16.8.